The Kier molecular flexibility index (Phi) is 6.30. The fourth-order valence-electron chi connectivity index (χ4n) is 2.40. The van der Waals surface area contributed by atoms with Gasteiger partial charge in [0.25, 0.3) is 5.56 Å². The third kappa shape index (κ3) is 4.86. The van der Waals surface area contributed by atoms with Gasteiger partial charge in [-0.15, -0.1) is 23.1 Å². The van der Waals surface area contributed by atoms with Gasteiger partial charge in [0.2, 0.25) is 0 Å². The third-order valence-electron chi connectivity index (χ3n) is 3.71. The predicted molar refractivity (Wildman–Crippen MR) is 107 cm³/mol. The number of carbonyl (C=O) groups excluding carboxylic acids is 1. The number of carbonyl (C=O) groups is 1. The van der Waals surface area contributed by atoms with Crippen LogP contribution in [0.4, 0.5) is 4.79 Å². The molecule has 0 spiro atoms. The van der Waals surface area contributed by atoms with Crippen LogP contribution in [0.25, 0.3) is 10.2 Å². The Morgan fingerprint density at radius 3 is 2.92 bits per heavy atom. The molecule has 3 rings (SSSR count). The monoisotopic (exact) mass is 388 g/mol. The van der Waals surface area contributed by atoms with E-state index in [0.29, 0.717) is 22.6 Å². The number of nitrogens with zero attached hydrogens (tertiary/aromatic N) is 2. The number of aromatic nitrogens is 2. The number of hydrogen-bond donors (Lipinski definition) is 2. The number of fused-ring (bicyclic) bond motifs is 1. The van der Waals surface area contributed by atoms with E-state index >= 15 is 0 Å². The van der Waals surface area contributed by atoms with Gasteiger partial charge in [0, 0.05) is 18.5 Å². The van der Waals surface area contributed by atoms with Gasteiger partial charge in [-0.1, -0.05) is 18.2 Å². The molecule has 2 aromatic heterocycles. The van der Waals surface area contributed by atoms with Crippen molar-refractivity contribution in [2.45, 2.75) is 17.9 Å². The number of aromatic amines is 1. The van der Waals surface area contributed by atoms with E-state index in [-0.39, 0.29) is 18.1 Å². The molecule has 0 aliphatic carbocycles. The van der Waals surface area contributed by atoms with Crippen LogP contribution < -0.4 is 10.9 Å². The van der Waals surface area contributed by atoms with Gasteiger partial charge in [-0.25, -0.2) is 9.78 Å². The molecule has 0 bridgehead atoms. The minimum absolute atomic E-state index is 0.160. The zero-order valence-corrected chi connectivity index (χ0v) is 16.0. The van der Waals surface area contributed by atoms with Crippen molar-refractivity contribution in [3.8, 4) is 0 Å². The van der Waals surface area contributed by atoms with Gasteiger partial charge in [-0.05, 0) is 35.8 Å². The number of H-pyrrole nitrogens is 1. The van der Waals surface area contributed by atoms with Gasteiger partial charge in [0.05, 0.1) is 12.1 Å². The molecule has 26 heavy (non-hydrogen) atoms. The first-order chi connectivity index (χ1) is 12.6. The van der Waals surface area contributed by atoms with Gasteiger partial charge >= 0.3 is 6.03 Å². The summed E-state index contributed by atoms with van der Waals surface area (Å²) in [7, 11) is 1.69. The van der Waals surface area contributed by atoms with Crippen molar-refractivity contribution in [3.63, 3.8) is 0 Å². The number of benzene rings is 1. The van der Waals surface area contributed by atoms with Crippen molar-refractivity contribution in [1.82, 2.24) is 20.2 Å². The number of hydrogen-bond acceptors (Lipinski definition) is 5. The van der Waals surface area contributed by atoms with Crippen molar-refractivity contribution in [3.05, 3.63) is 58.0 Å². The Morgan fingerprint density at radius 2 is 2.12 bits per heavy atom. The Labute approximate surface area is 159 Å². The summed E-state index contributed by atoms with van der Waals surface area (Å²) in [5.41, 5.74) is 0.507. The fourth-order valence-corrected chi connectivity index (χ4v) is 4.00. The zero-order chi connectivity index (χ0) is 18.4. The second-order valence-electron chi connectivity index (χ2n) is 5.75. The van der Waals surface area contributed by atoms with Crippen LogP contribution in [0.15, 0.2) is 51.5 Å². The third-order valence-corrected chi connectivity index (χ3v) is 5.71. The van der Waals surface area contributed by atoms with E-state index in [0.717, 1.165) is 12.2 Å². The van der Waals surface area contributed by atoms with Crippen molar-refractivity contribution in [2.75, 3.05) is 19.3 Å². The van der Waals surface area contributed by atoms with Crippen LogP contribution in [-0.4, -0.2) is 40.2 Å². The maximum absolute atomic E-state index is 12.2. The van der Waals surface area contributed by atoms with Gasteiger partial charge in [-0.3, -0.25) is 4.79 Å². The molecule has 136 valence electrons. The van der Waals surface area contributed by atoms with E-state index in [1.165, 1.54) is 21.1 Å². The number of thiophene rings is 1. The van der Waals surface area contributed by atoms with Crippen LogP contribution in [0.3, 0.4) is 0 Å². The number of nitrogens with one attached hydrogen (secondary N) is 2. The smallest absolute Gasteiger partial charge is 0.317 e. The molecular weight excluding hydrogens is 368 g/mol. The molecule has 0 saturated heterocycles. The van der Waals surface area contributed by atoms with Crippen LogP contribution in [-0.2, 0) is 6.54 Å². The van der Waals surface area contributed by atoms with Crippen molar-refractivity contribution in [1.29, 1.82) is 0 Å². The summed E-state index contributed by atoms with van der Waals surface area (Å²) in [5.74, 6) is 1.43. The molecular formula is C18H20N4O2S2. The summed E-state index contributed by atoms with van der Waals surface area (Å²) < 4.78 is 0.608. The average Bonchev–Trinajstić information content (AvgIpc) is 3.11. The van der Waals surface area contributed by atoms with Gasteiger partial charge in [0.1, 0.15) is 10.5 Å². The average molecular weight is 389 g/mol. The lowest BCUT2D eigenvalue weighted by Gasteiger charge is -2.17. The molecule has 0 radical (unpaired) electrons. The Hall–Kier alpha value is -2.32. The molecule has 0 aliphatic heterocycles. The molecule has 3 aromatic rings. The van der Waals surface area contributed by atoms with Crippen molar-refractivity contribution in [2.24, 2.45) is 0 Å². The van der Waals surface area contributed by atoms with Gasteiger partial charge in [0.15, 0.2) is 0 Å². The number of amides is 2. The highest BCUT2D eigenvalue weighted by molar-refractivity contribution is 7.99. The molecule has 2 heterocycles. The van der Waals surface area contributed by atoms with Crippen LogP contribution in [0.2, 0.25) is 0 Å². The highest BCUT2D eigenvalue weighted by Gasteiger charge is 2.11. The molecule has 0 saturated carbocycles. The van der Waals surface area contributed by atoms with Gasteiger partial charge in [-0.2, -0.15) is 0 Å². The largest absolute Gasteiger partial charge is 0.338 e. The summed E-state index contributed by atoms with van der Waals surface area (Å²) in [6, 6.07) is 11.8. The van der Waals surface area contributed by atoms with Crippen LogP contribution >= 0.6 is 23.1 Å². The second-order valence-corrected chi connectivity index (χ2v) is 7.84. The molecule has 0 atom stereocenters. The molecule has 0 aliphatic rings. The maximum Gasteiger partial charge on any atom is 0.317 e. The van der Waals surface area contributed by atoms with E-state index < -0.39 is 0 Å². The summed E-state index contributed by atoms with van der Waals surface area (Å²) in [6.45, 7) is 0.863. The van der Waals surface area contributed by atoms with E-state index in [1.54, 1.807) is 18.8 Å². The molecule has 2 amide bonds. The number of urea groups is 1. The summed E-state index contributed by atoms with van der Waals surface area (Å²) in [6.07, 6.45) is 0.884. The Balaban J connectivity index is 1.43. The Morgan fingerprint density at radius 1 is 1.31 bits per heavy atom. The lowest BCUT2D eigenvalue weighted by atomic mass is 10.4. The zero-order valence-electron chi connectivity index (χ0n) is 14.4. The topological polar surface area (TPSA) is 78.1 Å². The van der Waals surface area contributed by atoms with Crippen molar-refractivity contribution < 1.29 is 4.79 Å². The minimum atomic E-state index is -0.178. The van der Waals surface area contributed by atoms with E-state index in [4.69, 9.17) is 0 Å². The van der Waals surface area contributed by atoms with Crippen LogP contribution in [0.1, 0.15) is 12.2 Å². The lowest BCUT2D eigenvalue weighted by Crippen LogP contribution is -2.38. The number of rotatable bonds is 7. The first-order valence-corrected chi connectivity index (χ1v) is 10.1. The normalized spacial score (nSPS) is 10.8. The first kappa shape index (κ1) is 18.5. The molecule has 8 heteroatoms. The summed E-state index contributed by atoms with van der Waals surface area (Å²) in [5, 5.41) is 4.73. The quantitative estimate of drug-likeness (QED) is 0.481. The highest BCUT2D eigenvalue weighted by Crippen LogP contribution is 2.17. The fraction of sp³-hybridized carbons (Fsp3) is 0.278. The standard InChI is InChI=1S/C18H20N4O2S2/c1-22(12-15-20-14-8-11-26-16(14)17(23)21-15)18(24)19-9-5-10-25-13-6-3-2-4-7-13/h2-4,6-8,11H,5,9-10,12H2,1H3,(H,19,24)(H,20,21,23). The van der Waals surface area contributed by atoms with Gasteiger partial charge < -0.3 is 15.2 Å². The molecule has 0 unspecified atom stereocenters. The lowest BCUT2D eigenvalue weighted by molar-refractivity contribution is 0.206. The predicted octanol–water partition coefficient (Wildman–Crippen LogP) is 3.31. The SMILES string of the molecule is CN(Cc1nc2ccsc2c(=O)[nH]1)C(=O)NCCCSc1ccccc1. The minimum Gasteiger partial charge on any atom is -0.338 e. The van der Waals surface area contributed by atoms with E-state index in [9.17, 15) is 9.59 Å². The highest BCUT2D eigenvalue weighted by atomic mass is 32.2. The van der Waals surface area contributed by atoms with E-state index in [1.807, 2.05) is 29.6 Å². The van der Waals surface area contributed by atoms with E-state index in [2.05, 4.69) is 27.4 Å². The van der Waals surface area contributed by atoms with Crippen molar-refractivity contribution >= 4 is 39.3 Å². The summed E-state index contributed by atoms with van der Waals surface area (Å²) in [4.78, 5) is 34.0. The second kappa shape index (κ2) is 8.86. The molecule has 6 nitrogen and oxygen atoms in total. The molecule has 0 fully saturated rings. The number of thioether (sulfide) groups is 1. The summed E-state index contributed by atoms with van der Waals surface area (Å²) >= 11 is 3.13. The molecule has 1 aromatic carbocycles. The first-order valence-electron chi connectivity index (χ1n) is 8.26. The van der Waals surface area contributed by atoms with Crippen LogP contribution in [0, 0.1) is 0 Å². The van der Waals surface area contributed by atoms with Crippen LogP contribution in [0.5, 0.6) is 0 Å². The Bertz CT molecular complexity index is 924. The maximum atomic E-state index is 12.2. The molecule has 2 N–H and O–H groups in total.